The first kappa shape index (κ1) is 10.7. The van der Waals surface area contributed by atoms with Crippen LogP contribution in [-0.4, -0.2) is 40.9 Å². The van der Waals surface area contributed by atoms with Gasteiger partial charge in [0.05, 0.1) is 6.10 Å². The Kier molecular flexibility index (Phi) is 3.93. The van der Waals surface area contributed by atoms with Gasteiger partial charge in [0.2, 0.25) is 0 Å². The van der Waals surface area contributed by atoms with E-state index in [2.05, 4.69) is 10.2 Å². The van der Waals surface area contributed by atoms with E-state index in [1.807, 2.05) is 14.0 Å². The second-order valence-corrected chi connectivity index (χ2v) is 4.02. The fourth-order valence-corrected chi connectivity index (χ4v) is 2.13. The van der Waals surface area contributed by atoms with Gasteiger partial charge in [0.1, 0.15) is 0 Å². The maximum atomic E-state index is 9.29. The van der Waals surface area contributed by atoms with Gasteiger partial charge in [-0.05, 0) is 38.4 Å². The van der Waals surface area contributed by atoms with Crippen molar-refractivity contribution in [3.63, 3.8) is 0 Å². The van der Waals surface area contributed by atoms with Gasteiger partial charge in [0.25, 0.3) is 0 Å². The number of aliphatic hydroxyl groups is 1. The lowest BCUT2D eigenvalue weighted by Crippen LogP contribution is -2.42. The van der Waals surface area contributed by atoms with E-state index in [-0.39, 0.29) is 6.10 Å². The number of thiocarbonyl (C=S) groups is 1. The molecular formula is C9H18N2OS. The second kappa shape index (κ2) is 4.77. The molecule has 0 saturated carbocycles. The SMILES string of the molecule is CNC(=S)N1CCCC1CC(C)O. The van der Waals surface area contributed by atoms with Crippen molar-refractivity contribution in [2.75, 3.05) is 13.6 Å². The summed E-state index contributed by atoms with van der Waals surface area (Å²) in [7, 11) is 1.85. The number of hydrogen-bond donors (Lipinski definition) is 2. The molecule has 0 aromatic carbocycles. The second-order valence-electron chi connectivity index (χ2n) is 3.63. The molecule has 76 valence electrons. The molecular weight excluding hydrogens is 184 g/mol. The van der Waals surface area contributed by atoms with E-state index in [1.165, 1.54) is 6.42 Å². The lowest BCUT2D eigenvalue weighted by molar-refractivity contribution is 0.155. The number of rotatable bonds is 2. The van der Waals surface area contributed by atoms with Gasteiger partial charge < -0.3 is 15.3 Å². The minimum absolute atomic E-state index is 0.231. The van der Waals surface area contributed by atoms with Gasteiger partial charge in [0, 0.05) is 19.6 Å². The molecule has 0 amide bonds. The number of aliphatic hydroxyl groups excluding tert-OH is 1. The van der Waals surface area contributed by atoms with Crippen LogP contribution in [0, 0.1) is 0 Å². The highest BCUT2D eigenvalue weighted by molar-refractivity contribution is 7.80. The van der Waals surface area contributed by atoms with E-state index in [0.29, 0.717) is 6.04 Å². The summed E-state index contributed by atoms with van der Waals surface area (Å²) in [4.78, 5) is 2.18. The van der Waals surface area contributed by atoms with E-state index >= 15 is 0 Å². The van der Waals surface area contributed by atoms with Crippen LogP contribution in [0.3, 0.4) is 0 Å². The van der Waals surface area contributed by atoms with Crippen molar-refractivity contribution in [3.05, 3.63) is 0 Å². The van der Waals surface area contributed by atoms with E-state index in [0.717, 1.165) is 24.5 Å². The Labute approximate surface area is 85.1 Å². The zero-order chi connectivity index (χ0) is 9.84. The van der Waals surface area contributed by atoms with Crippen LogP contribution in [0.15, 0.2) is 0 Å². The summed E-state index contributed by atoms with van der Waals surface area (Å²) >= 11 is 5.18. The number of likely N-dealkylation sites (tertiary alicyclic amines) is 1. The molecule has 0 spiro atoms. The minimum Gasteiger partial charge on any atom is -0.393 e. The van der Waals surface area contributed by atoms with E-state index < -0.39 is 0 Å². The molecule has 0 aliphatic carbocycles. The summed E-state index contributed by atoms with van der Waals surface area (Å²) in [6, 6.07) is 0.431. The van der Waals surface area contributed by atoms with Gasteiger partial charge in [-0.2, -0.15) is 0 Å². The monoisotopic (exact) mass is 202 g/mol. The molecule has 1 heterocycles. The van der Waals surface area contributed by atoms with Gasteiger partial charge in [-0.15, -0.1) is 0 Å². The van der Waals surface area contributed by atoms with E-state index in [9.17, 15) is 5.11 Å². The summed E-state index contributed by atoms with van der Waals surface area (Å²) < 4.78 is 0. The predicted octanol–water partition coefficient (Wildman–Crippen LogP) is 0.726. The van der Waals surface area contributed by atoms with Crippen LogP contribution in [0.5, 0.6) is 0 Å². The molecule has 0 bridgehead atoms. The van der Waals surface area contributed by atoms with Gasteiger partial charge >= 0.3 is 0 Å². The van der Waals surface area contributed by atoms with Crippen molar-refractivity contribution in [1.29, 1.82) is 0 Å². The molecule has 4 heteroatoms. The van der Waals surface area contributed by atoms with Crippen LogP contribution in [0.2, 0.25) is 0 Å². The van der Waals surface area contributed by atoms with Crippen LogP contribution in [0.25, 0.3) is 0 Å². The molecule has 2 atom stereocenters. The maximum absolute atomic E-state index is 9.29. The molecule has 1 aliphatic rings. The van der Waals surface area contributed by atoms with Gasteiger partial charge in [-0.1, -0.05) is 0 Å². The van der Waals surface area contributed by atoms with Crippen LogP contribution < -0.4 is 5.32 Å². The number of nitrogens with one attached hydrogen (secondary N) is 1. The van der Waals surface area contributed by atoms with Gasteiger partial charge in [-0.25, -0.2) is 0 Å². The first-order valence-electron chi connectivity index (χ1n) is 4.81. The third-order valence-corrected chi connectivity index (χ3v) is 2.90. The Bertz CT molecular complexity index is 184. The first-order chi connectivity index (χ1) is 6.15. The fraction of sp³-hybridized carbons (Fsp3) is 0.889. The Balaban J connectivity index is 2.48. The molecule has 1 saturated heterocycles. The summed E-state index contributed by atoms with van der Waals surface area (Å²) in [6.45, 7) is 2.86. The van der Waals surface area contributed by atoms with Gasteiger partial charge in [-0.3, -0.25) is 0 Å². The lowest BCUT2D eigenvalue weighted by atomic mass is 10.1. The van der Waals surface area contributed by atoms with Crippen molar-refractivity contribution in [2.45, 2.75) is 38.3 Å². The average molecular weight is 202 g/mol. The quantitative estimate of drug-likeness (QED) is 0.647. The maximum Gasteiger partial charge on any atom is 0.168 e. The third-order valence-electron chi connectivity index (χ3n) is 2.47. The Hall–Kier alpha value is -0.350. The van der Waals surface area contributed by atoms with Gasteiger partial charge in [0.15, 0.2) is 5.11 Å². The van der Waals surface area contributed by atoms with Crippen LogP contribution in [-0.2, 0) is 0 Å². The van der Waals surface area contributed by atoms with Crippen LogP contribution >= 0.6 is 12.2 Å². The topological polar surface area (TPSA) is 35.5 Å². The Morgan fingerprint density at radius 1 is 1.77 bits per heavy atom. The third kappa shape index (κ3) is 2.81. The highest BCUT2D eigenvalue weighted by atomic mass is 32.1. The minimum atomic E-state index is -0.231. The molecule has 2 unspecified atom stereocenters. The fourth-order valence-electron chi connectivity index (χ4n) is 1.89. The highest BCUT2D eigenvalue weighted by Gasteiger charge is 2.26. The predicted molar refractivity (Wildman–Crippen MR) is 57.7 cm³/mol. The standard InChI is InChI=1S/C9H18N2OS/c1-7(12)6-8-4-3-5-11(8)9(13)10-2/h7-8,12H,3-6H2,1-2H3,(H,10,13). The van der Waals surface area contributed by atoms with Crippen LogP contribution in [0.4, 0.5) is 0 Å². The summed E-state index contributed by atoms with van der Waals surface area (Å²) in [5.74, 6) is 0. The van der Waals surface area contributed by atoms with E-state index in [1.54, 1.807) is 0 Å². The molecule has 1 aliphatic heterocycles. The number of hydrogen-bond acceptors (Lipinski definition) is 2. The highest BCUT2D eigenvalue weighted by Crippen LogP contribution is 2.21. The Morgan fingerprint density at radius 3 is 3.00 bits per heavy atom. The molecule has 0 radical (unpaired) electrons. The smallest absolute Gasteiger partial charge is 0.168 e. The van der Waals surface area contributed by atoms with Crippen molar-refractivity contribution in [3.8, 4) is 0 Å². The average Bonchev–Trinajstić information content (AvgIpc) is 2.50. The molecule has 2 N–H and O–H groups in total. The molecule has 0 aromatic heterocycles. The van der Waals surface area contributed by atoms with Crippen molar-refractivity contribution in [1.82, 2.24) is 10.2 Å². The molecule has 1 fully saturated rings. The van der Waals surface area contributed by atoms with Crippen molar-refractivity contribution >= 4 is 17.3 Å². The summed E-state index contributed by atoms with van der Waals surface area (Å²) in [5, 5.41) is 13.1. The van der Waals surface area contributed by atoms with E-state index in [4.69, 9.17) is 12.2 Å². The molecule has 1 rings (SSSR count). The first-order valence-corrected chi connectivity index (χ1v) is 5.22. The molecule has 3 nitrogen and oxygen atoms in total. The Morgan fingerprint density at radius 2 is 2.46 bits per heavy atom. The normalized spacial score (nSPS) is 24.5. The zero-order valence-corrected chi connectivity index (χ0v) is 9.10. The largest absolute Gasteiger partial charge is 0.393 e. The summed E-state index contributed by atoms with van der Waals surface area (Å²) in [5.41, 5.74) is 0. The lowest BCUT2D eigenvalue weighted by Gasteiger charge is -2.27. The van der Waals surface area contributed by atoms with Crippen molar-refractivity contribution < 1.29 is 5.11 Å². The number of nitrogens with zero attached hydrogens (tertiary/aromatic N) is 1. The molecule has 13 heavy (non-hydrogen) atoms. The zero-order valence-electron chi connectivity index (χ0n) is 8.29. The van der Waals surface area contributed by atoms with Crippen LogP contribution in [0.1, 0.15) is 26.2 Å². The van der Waals surface area contributed by atoms with Crippen molar-refractivity contribution in [2.24, 2.45) is 0 Å². The summed E-state index contributed by atoms with van der Waals surface area (Å²) in [6.07, 6.45) is 2.92. The molecule has 0 aromatic rings.